The van der Waals surface area contributed by atoms with Gasteiger partial charge >= 0.3 is 0 Å². The number of hydrogen-bond acceptors (Lipinski definition) is 4. The van der Waals surface area contributed by atoms with Gasteiger partial charge in [0.2, 0.25) is 0 Å². The molecule has 0 aromatic carbocycles. The largest absolute Gasteiger partial charge is 0.423 e. The van der Waals surface area contributed by atoms with Crippen molar-refractivity contribution in [3.05, 3.63) is 0 Å². The van der Waals surface area contributed by atoms with Crippen LogP contribution in [0.4, 0.5) is 0 Å². The third kappa shape index (κ3) is 17.0. The highest BCUT2D eigenvalue weighted by molar-refractivity contribution is 6.27. The van der Waals surface area contributed by atoms with Crippen molar-refractivity contribution >= 4 is 9.76 Å². The average Bonchev–Trinajstić information content (AvgIpc) is 2.68. The van der Waals surface area contributed by atoms with Crippen molar-refractivity contribution in [1.82, 2.24) is 14.7 Å². The first-order valence-electron chi connectivity index (χ1n) is 12.5. The van der Waals surface area contributed by atoms with E-state index < -0.39 is 9.76 Å². The monoisotopic (exact) mass is 415 g/mol. The summed E-state index contributed by atoms with van der Waals surface area (Å²) in [4.78, 5) is 8.01. The van der Waals surface area contributed by atoms with Gasteiger partial charge in [-0.3, -0.25) is 0 Å². The third-order valence-corrected chi connectivity index (χ3v) is 6.64. The molecule has 0 aliphatic carbocycles. The van der Waals surface area contributed by atoms with Gasteiger partial charge in [0, 0.05) is 12.8 Å². The van der Waals surface area contributed by atoms with Gasteiger partial charge < -0.3 is 19.1 Å². The molecular formula is C23H53N3OSi. The van der Waals surface area contributed by atoms with Gasteiger partial charge in [-0.1, -0.05) is 41.0 Å². The normalized spacial score (nSPS) is 12.4. The van der Waals surface area contributed by atoms with E-state index in [9.17, 15) is 0 Å². The highest BCUT2D eigenvalue weighted by atomic mass is 28.2. The quantitative estimate of drug-likeness (QED) is 0.195. The van der Waals surface area contributed by atoms with Gasteiger partial charge in [-0.15, -0.1) is 0 Å². The lowest BCUT2D eigenvalue weighted by Crippen LogP contribution is -2.36. The summed E-state index contributed by atoms with van der Waals surface area (Å²) in [7, 11) is -0.391. The molecule has 0 rings (SSSR count). The minimum Gasteiger partial charge on any atom is -0.423 e. The molecule has 0 saturated heterocycles. The summed E-state index contributed by atoms with van der Waals surface area (Å²) >= 11 is 0. The highest BCUT2D eigenvalue weighted by Crippen LogP contribution is 2.02. The molecule has 0 fully saturated rings. The highest BCUT2D eigenvalue weighted by Gasteiger charge is 2.09. The van der Waals surface area contributed by atoms with E-state index in [1.165, 1.54) is 110 Å². The second kappa shape index (κ2) is 21.8. The first-order valence-corrected chi connectivity index (χ1v) is 14.0. The van der Waals surface area contributed by atoms with Crippen molar-refractivity contribution in [1.29, 1.82) is 0 Å². The zero-order chi connectivity index (χ0) is 20.9. The molecule has 0 spiro atoms. The van der Waals surface area contributed by atoms with Crippen LogP contribution in [0, 0.1) is 0 Å². The maximum atomic E-state index is 5.99. The first-order chi connectivity index (χ1) is 13.7. The molecule has 4 nitrogen and oxygen atoms in total. The molecule has 0 atom stereocenters. The van der Waals surface area contributed by atoms with Gasteiger partial charge in [0.25, 0.3) is 0 Å². The zero-order valence-electron chi connectivity index (χ0n) is 20.2. The van der Waals surface area contributed by atoms with E-state index in [1.807, 2.05) is 0 Å². The first kappa shape index (κ1) is 28.1. The fraction of sp³-hybridized carbons (Fsp3) is 1.00. The Kier molecular flexibility index (Phi) is 21.8. The van der Waals surface area contributed by atoms with E-state index in [0.29, 0.717) is 0 Å². The predicted octanol–water partition coefficient (Wildman–Crippen LogP) is 4.17. The molecule has 0 heterocycles. The second-order valence-electron chi connectivity index (χ2n) is 8.20. The summed E-state index contributed by atoms with van der Waals surface area (Å²) < 4.78 is 5.99. The minimum absolute atomic E-state index is 0.391. The van der Waals surface area contributed by atoms with Crippen LogP contribution < -0.4 is 0 Å². The van der Waals surface area contributed by atoms with Crippen LogP contribution in [0.15, 0.2) is 0 Å². The molecule has 28 heavy (non-hydrogen) atoms. The topological polar surface area (TPSA) is 19.0 Å². The van der Waals surface area contributed by atoms with E-state index in [-0.39, 0.29) is 0 Å². The molecule has 0 bridgehead atoms. The lowest BCUT2D eigenvalue weighted by atomic mass is 10.2. The zero-order valence-corrected chi connectivity index (χ0v) is 21.6. The van der Waals surface area contributed by atoms with Gasteiger partial charge in [-0.25, -0.2) is 0 Å². The van der Waals surface area contributed by atoms with E-state index in [2.05, 4.69) is 49.3 Å². The summed E-state index contributed by atoms with van der Waals surface area (Å²) in [5.41, 5.74) is 0. The van der Waals surface area contributed by atoms with E-state index in [1.54, 1.807) is 0 Å². The molecule has 0 radical (unpaired) electrons. The summed E-state index contributed by atoms with van der Waals surface area (Å²) in [5.74, 6) is 0. The molecule has 0 aromatic rings. The van der Waals surface area contributed by atoms with Crippen molar-refractivity contribution in [2.24, 2.45) is 0 Å². The van der Waals surface area contributed by atoms with Crippen molar-refractivity contribution in [3.8, 4) is 0 Å². The molecule has 0 aliphatic rings. The molecule has 0 saturated carbocycles. The summed E-state index contributed by atoms with van der Waals surface area (Å²) in [6, 6.07) is 0. The van der Waals surface area contributed by atoms with Crippen LogP contribution in [0.25, 0.3) is 0 Å². The molecule has 0 aliphatic heterocycles. The van der Waals surface area contributed by atoms with Crippen LogP contribution in [-0.4, -0.2) is 89.6 Å². The second-order valence-corrected chi connectivity index (χ2v) is 9.46. The maximum absolute atomic E-state index is 5.99. The SMILES string of the molecule is CCCCO[SiH2]CN(CCCN(CCC)CCC)CCCN(CCC)CCC. The third-order valence-electron chi connectivity index (χ3n) is 5.25. The van der Waals surface area contributed by atoms with Crippen LogP contribution in [0.2, 0.25) is 0 Å². The Morgan fingerprint density at radius 2 is 0.929 bits per heavy atom. The van der Waals surface area contributed by atoms with E-state index in [0.717, 1.165) is 6.61 Å². The van der Waals surface area contributed by atoms with Gasteiger partial charge in [0.1, 0.15) is 0 Å². The smallest absolute Gasteiger partial charge is 0.175 e. The predicted molar refractivity (Wildman–Crippen MR) is 129 cm³/mol. The average molecular weight is 416 g/mol. The van der Waals surface area contributed by atoms with Crippen LogP contribution in [0.3, 0.4) is 0 Å². The molecule has 5 heteroatoms. The molecule has 0 N–H and O–H groups in total. The van der Waals surface area contributed by atoms with Crippen molar-refractivity contribution in [2.45, 2.75) is 86.0 Å². The van der Waals surface area contributed by atoms with Crippen LogP contribution in [0.5, 0.6) is 0 Å². The summed E-state index contributed by atoms with van der Waals surface area (Å²) in [6.45, 7) is 22.5. The lowest BCUT2D eigenvalue weighted by molar-refractivity contribution is 0.216. The summed E-state index contributed by atoms with van der Waals surface area (Å²) in [5, 5.41) is 0. The fourth-order valence-corrected chi connectivity index (χ4v) is 5.09. The number of nitrogens with zero attached hydrogens (tertiary/aromatic N) is 3. The van der Waals surface area contributed by atoms with E-state index in [4.69, 9.17) is 4.43 Å². The Morgan fingerprint density at radius 3 is 1.32 bits per heavy atom. The van der Waals surface area contributed by atoms with Crippen molar-refractivity contribution in [2.75, 3.05) is 65.1 Å². The van der Waals surface area contributed by atoms with Crippen LogP contribution in [-0.2, 0) is 4.43 Å². The molecular weight excluding hydrogens is 362 g/mol. The molecule has 0 unspecified atom stereocenters. The van der Waals surface area contributed by atoms with Crippen LogP contribution in [0.1, 0.15) is 86.0 Å². The summed E-state index contributed by atoms with van der Waals surface area (Å²) in [6.07, 6.45) is 11.4. The molecule has 0 aromatic heterocycles. The van der Waals surface area contributed by atoms with Gasteiger partial charge in [0.05, 0.1) is 0 Å². The Morgan fingerprint density at radius 1 is 0.500 bits per heavy atom. The Bertz CT molecular complexity index is 274. The maximum Gasteiger partial charge on any atom is 0.175 e. The van der Waals surface area contributed by atoms with Crippen molar-refractivity contribution in [3.63, 3.8) is 0 Å². The van der Waals surface area contributed by atoms with Crippen molar-refractivity contribution < 1.29 is 4.43 Å². The van der Waals surface area contributed by atoms with Crippen LogP contribution >= 0.6 is 0 Å². The Hall–Kier alpha value is 0.0569. The Balaban J connectivity index is 4.30. The molecule has 0 amide bonds. The van der Waals surface area contributed by atoms with E-state index >= 15 is 0 Å². The van der Waals surface area contributed by atoms with Gasteiger partial charge in [0.15, 0.2) is 9.76 Å². The minimum atomic E-state index is -0.391. The standard InChI is InChI=1S/C23H53N3OSi/c1-6-11-22-27-28-23-26(20-12-18-24(14-7-2)15-8-3)21-13-19-25(16-9-4)17-10-5/h6-23,28H2,1-5H3. The number of hydrogen-bond donors (Lipinski definition) is 0. The fourth-order valence-electron chi connectivity index (χ4n) is 3.85. The number of rotatable bonds is 22. The Labute approximate surface area is 180 Å². The van der Waals surface area contributed by atoms with Gasteiger partial charge in [-0.2, -0.15) is 0 Å². The lowest BCUT2D eigenvalue weighted by Gasteiger charge is -2.27. The van der Waals surface area contributed by atoms with Gasteiger partial charge in [-0.05, 0) is 97.3 Å². The number of unbranched alkanes of at least 4 members (excludes halogenated alkanes) is 1. The molecule has 170 valence electrons.